The summed E-state index contributed by atoms with van der Waals surface area (Å²) in [6, 6.07) is 11.6. The van der Waals surface area contributed by atoms with Crippen LogP contribution >= 0.6 is 0 Å². The highest BCUT2D eigenvalue weighted by Crippen LogP contribution is 2.22. The number of ketones is 1. The minimum atomic E-state index is -0.336. The number of rotatable bonds is 25. The Morgan fingerprint density at radius 3 is 1.50 bits per heavy atom. The molecule has 2 rings (SSSR count). The van der Waals surface area contributed by atoms with Crippen LogP contribution in [0.4, 0.5) is 11.4 Å². The van der Waals surface area contributed by atoms with E-state index >= 15 is 0 Å². The third-order valence-electron chi connectivity index (χ3n) is 8.13. The van der Waals surface area contributed by atoms with Gasteiger partial charge >= 0.3 is 0 Å². The highest BCUT2D eigenvalue weighted by molar-refractivity contribution is 6.14. The van der Waals surface area contributed by atoms with Crippen molar-refractivity contribution >= 4 is 35.3 Å². The van der Waals surface area contributed by atoms with E-state index in [1.54, 1.807) is 42.5 Å². The van der Waals surface area contributed by atoms with Crippen LogP contribution in [0.3, 0.4) is 0 Å². The van der Waals surface area contributed by atoms with Gasteiger partial charge in [0.15, 0.2) is 12.1 Å². The molecule has 0 aromatic heterocycles. The zero-order valence-corrected chi connectivity index (χ0v) is 27.4. The summed E-state index contributed by atoms with van der Waals surface area (Å²) in [6.07, 6.45) is 22.9. The first-order valence-corrected chi connectivity index (χ1v) is 17.3. The lowest BCUT2D eigenvalue weighted by Gasteiger charge is -2.11. The van der Waals surface area contributed by atoms with Crippen molar-refractivity contribution in [2.45, 2.75) is 142 Å². The molecule has 2 amide bonds. The molecule has 0 aliphatic heterocycles. The number of aldehydes is 1. The molecule has 0 aliphatic carbocycles. The average Bonchev–Trinajstić information content (AvgIpc) is 3.03. The predicted molar refractivity (Wildman–Crippen MR) is 183 cm³/mol. The summed E-state index contributed by atoms with van der Waals surface area (Å²) in [6.45, 7) is 4.45. The van der Waals surface area contributed by atoms with Gasteiger partial charge in [-0.05, 0) is 43.2 Å². The lowest BCUT2D eigenvalue weighted by Crippen LogP contribution is -2.13. The Bertz CT molecular complexity index is 1140. The van der Waals surface area contributed by atoms with E-state index in [0.717, 1.165) is 38.5 Å². The molecule has 44 heavy (non-hydrogen) atoms. The molecule has 0 heterocycles. The third kappa shape index (κ3) is 15.4. The Balaban J connectivity index is 1.83. The predicted octanol–water partition coefficient (Wildman–Crippen LogP) is 10.4. The second kappa shape index (κ2) is 23.1. The van der Waals surface area contributed by atoms with Crippen LogP contribution in [0.5, 0.6) is 0 Å². The second-order valence-electron chi connectivity index (χ2n) is 12.1. The molecule has 2 aromatic carbocycles. The van der Waals surface area contributed by atoms with E-state index < -0.39 is 0 Å². The van der Waals surface area contributed by atoms with E-state index in [1.807, 2.05) is 0 Å². The van der Waals surface area contributed by atoms with Gasteiger partial charge in [-0.2, -0.15) is 0 Å². The summed E-state index contributed by atoms with van der Waals surface area (Å²) in [7, 11) is 0. The first kappa shape index (κ1) is 36.9. The fourth-order valence-corrected chi connectivity index (χ4v) is 5.47. The molecule has 0 saturated heterocycles. The normalized spacial score (nSPS) is 10.9. The van der Waals surface area contributed by atoms with E-state index in [2.05, 4.69) is 24.5 Å². The molecule has 0 spiro atoms. The third-order valence-corrected chi connectivity index (χ3v) is 8.13. The molecule has 0 radical (unpaired) electrons. The molecule has 242 valence electrons. The van der Waals surface area contributed by atoms with Crippen molar-refractivity contribution in [1.29, 1.82) is 0 Å². The number of amides is 2. The van der Waals surface area contributed by atoms with E-state index in [-0.39, 0.29) is 28.7 Å². The van der Waals surface area contributed by atoms with Crippen molar-refractivity contribution in [3.8, 4) is 0 Å². The number of hydrogen-bond donors (Lipinski definition) is 2. The van der Waals surface area contributed by atoms with Crippen molar-refractivity contribution in [3.05, 3.63) is 59.2 Å². The molecule has 6 nitrogen and oxygen atoms in total. The highest BCUT2D eigenvalue weighted by Gasteiger charge is 2.16. The Morgan fingerprint density at radius 1 is 0.568 bits per heavy atom. The Morgan fingerprint density at radius 2 is 1.02 bits per heavy atom. The molecule has 0 saturated carbocycles. The quantitative estimate of drug-likeness (QED) is 0.0670. The molecule has 0 unspecified atom stereocenters. The van der Waals surface area contributed by atoms with Gasteiger partial charge < -0.3 is 10.6 Å². The van der Waals surface area contributed by atoms with Gasteiger partial charge in [0.25, 0.3) is 0 Å². The molecule has 0 bridgehead atoms. The van der Waals surface area contributed by atoms with Gasteiger partial charge in [-0.25, -0.2) is 0 Å². The molecular formula is C38H56N2O4. The molecule has 2 aromatic rings. The maximum Gasteiger partial charge on any atom is 0.224 e. The lowest BCUT2D eigenvalue weighted by molar-refractivity contribution is -0.117. The molecule has 2 N–H and O–H groups in total. The smallest absolute Gasteiger partial charge is 0.224 e. The van der Waals surface area contributed by atoms with Crippen LogP contribution in [-0.2, 0) is 9.59 Å². The molecule has 0 aliphatic rings. The van der Waals surface area contributed by atoms with Crippen LogP contribution in [0.15, 0.2) is 42.5 Å². The number of hydrogen-bond acceptors (Lipinski definition) is 4. The number of unbranched alkanes of at least 4 members (excludes halogenated alkanes) is 16. The number of anilines is 2. The van der Waals surface area contributed by atoms with E-state index in [1.165, 1.54) is 77.0 Å². The fourth-order valence-electron chi connectivity index (χ4n) is 5.47. The second-order valence-corrected chi connectivity index (χ2v) is 12.1. The minimum absolute atomic E-state index is 0.0668. The van der Waals surface area contributed by atoms with Crippen molar-refractivity contribution in [2.24, 2.45) is 0 Å². The Labute approximate surface area is 266 Å². The van der Waals surface area contributed by atoms with Gasteiger partial charge in [0.2, 0.25) is 11.8 Å². The monoisotopic (exact) mass is 604 g/mol. The maximum atomic E-state index is 13.4. The SMILES string of the molecule is CCCCCCCCCCCC(=O)Nc1cccc(C(=O)c2cc(NC(=O)CCCCCCCCCCC)ccc2C=O)c1. The number of carbonyl (C=O) groups excluding carboxylic acids is 4. The summed E-state index contributed by atoms with van der Waals surface area (Å²) >= 11 is 0. The highest BCUT2D eigenvalue weighted by atomic mass is 16.2. The van der Waals surface area contributed by atoms with Crippen LogP contribution < -0.4 is 10.6 Å². The lowest BCUT2D eigenvalue weighted by atomic mass is 9.97. The van der Waals surface area contributed by atoms with Crippen LogP contribution in [-0.4, -0.2) is 23.9 Å². The van der Waals surface area contributed by atoms with Crippen molar-refractivity contribution in [1.82, 2.24) is 0 Å². The van der Waals surface area contributed by atoms with E-state index in [4.69, 9.17) is 0 Å². The number of benzene rings is 2. The van der Waals surface area contributed by atoms with Crippen LogP contribution in [0, 0.1) is 0 Å². The molecule has 0 fully saturated rings. The van der Waals surface area contributed by atoms with Crippen LogP contribution in [0.1, 0.15) is 169 Å². The first-order chi connectivity index (χ1) is 21.5. The first-order valence-electron chi connectivity index (χ1n) is 17.3. The van der Waals surface area contributed by atoms with Gasteiger partial charge in [-0.1, -0.05) is 129 Å². The standard InChI is InChI=1S/C38H56N2O4/c1-3-5-7-9-11-13-15-17-19-24-36(42)39-33-23-21-22-31(28-33)38(44)35-29-34(27-26-32(35)30-41)40-37(43)25-20-18-16-14-12-10-8-6-4-2/h21-23,26-30H,3-20,24-25H2,1-2H3,(H,39,42)(H,40,43). The summed E-state index contributed by atoms with van der Waals surface area (Å²) < 4.78 is 0. The summed E-state index contributed by atoms with van der Waals surface area (Å²) in [5, 5.41) is 5.79. The number of carbonyl (C=O) groups is 4. The average molecular weight is 605 g/mol. The fraction of sp³-hybridized carbons (Fsp3) is 0.579. The molecule has 0 atom stereocenters. The summed E-state index contributed by atoms with van der Waals surface area (Å²) in [5.74, 6) is -0.498. The molecular weight excluding hydrogens is 548 g/mol. The van der Waals surface area contributed by atoms with E-state index in [9.17, 15) is 19.2 Å². The topological polar surface area (TPSA) is 92.3 Å². The van der Waals surface area contributed by atoms with E-state index in [0.29, 0.717) is 36.1 Å². The van der Waals surface area contributed by atoms with Crippen molar-refractivity contribution < 1.29 is 19.2 Å². The Kier molecular flexibility index (Phi) is 19.4. The number of nitrogens with one attached hydrogen (secondary N) is 2. The van der Waals surface area contributed by atoms with Crippen LogP contribution in [0.2, 0.25) is 0 Å². The summed E-state index contributed by atoms with van der Waals surface area (Å²) in [5.41, 5.74) is 1.89. The zero-order valence-electron chi connectivity index (χ0n) is 27.4. The van der Waals surface area contributed by atoms with Gasteiger partial charge in [-0.3, -0.25) is 19.2 Å². The van der Waals surface area contributed by atoms with Crippen molar-refractivity contribution in [2.75, 3.05) is 10.6 Å². The van der Waals surface area contributed by atoms with Crippen LogP contribution in [0.25, 0.3) is 0 Å². The van der Waals surface area contributed by atoms with Gasteiger partial charge in [-0.15, -0.1) is 0 Å². The maximum absolute atomic E-state index is 13.4. The van der Waals surface area contributed by atoms with Gasteiger partial charge in [0.1, 0.15) is 0 Å². The largest absolute Gasteiger partial charge is 0.326 e. The zero-order chi connectivity index (χ0) is 31.8. The summed E-state index contributed by atoms with van der Waals surface area (Å²) in [4.78, 5) is 50.2. The Hall–Kier alpha value is -3.28. The molecule has 6 heteroatoms. The van der Waals surface area contributed by atoms with Gasteiger partial charge in [0.05, 0.1) is 0 Å². The minimum Gasteiger partial charge on any atom is -0.326 e. The van der Waals surface area contributed by atoms with Crippen molar-refractivity contribution in [3.63, 3.8) is 0 Å². The van der Waals surface area contributed by atoms with Gasteiger partial charge in [0, 0.05) is 40.9 Å².